The second-order valence-electron chi connectivity index (χ2n) is 6.11. The molecule has 0 spiro atoms. The summed E-state index contributed by atoms with van der Waals surface area (Å²) >= 11 is 5.87. The summed E-state index contributed by atoms with van der Waals surface area (Å²) in [4.78, 5) is 35.6. The molecule has 2 aromatic rings. The maximum atomic E-state index is 12.2. The van der Waals surface area contributed by atoms with Gasteiger partial charge in [-0.25, -0.2) is 14.6 Å². The number of benzene rings is 1. The first kappa shape index (κ1) is 19.7. The molecule has 1 aliphatic heterocycles. The van der Waals surface area contributed by atoms with Gasteiger partial charge in [0.05, 0.1) is 5.56 Å². The van der Waals surface area contributed by atoms with Crippen LogP contribution in [0.25, 0.3) is 10.4 Å². The number of aryl methyl sites for hydroxylation is 1. The minimum absolute atomic E-state index is 0.165. The first-order chi connectivity index (χ1) is 13.5. The zero-order valence-corrected chi connectivity index (χ0v) is 15.5. The molecule has 1 saturated heterocycles. The fraction of sp³-hybridized carbons (Fsp3) is 0.353. The predicted molar refractivity (Wildman–Crippen MR) is 97.5 cm³/mol. The van der Waals surface area contributed by atoms with Crippen molar-refractivity contribution in [2.24, 2.45) is 5.28 Å². The number of aromatic nitrogens is 2. The Morgan fingerprint density at radius 3 is 3.11 bits per heavy atom. The number of ether oxygens (including phenoxy) is 2. The monoisotopic (exact) mass is 405 g/mol. The van der Waals surface area contributed by atoms with Crippen LogP contribution < -0.4 is 5.69 Å². The lowest BCUT2D eigenvalue weighted by Crippen LogP contribution is -2.30. The van der Waals surface area contributed by atoms with Gasteiger partial charge < -0.3 is 14.3 Å². The van der Waals surface area contributed by atoms with E-state index >= 15 is 0 Å². The fourth-order valence-electron chi connectivity index (χ4n) is 2.81. The smallest absolute Gasteiger partial charge is 0.349 e. The molecular weight excluding hydrogens is 390 g/mol. The van der Waals surface area contributed by atoms with E-state index in [-0.39, 0.29) is 18.6 Å². The normalized spacial score (nSPS) is 21.0. The highest BCUT2D eigenvalue weighted by Crippen LogP contribution is 2.30. The van der Waals surface area contributed by atoms with Crippen molar-refractivity contribution in [3.63, 3.8) is 0 Å². The third kappa shape index (κ3) is 4.61. The van der Waals surface area contributed by atoms with E-state index in [9.17, 15) is 9.59 Å². The average molecular weight is 406 g/mol. The first-order valence-corrected chi connectivity index (χ1v) is 8.69. The lowest BCUT2D eigenvalue weighted by Gasteiger charge is -2.17. The zero-order chi connectivity index (χ0) is 20.1. The van der Waals surface area contributed by atoms with Crippen LogP contribution in [-0.2, 0) is 14.3 Å². The van der Waals surface area contributed by atoms with Gasteiger partial charge in [0.2, 0.25) is 0 Å². The molecule has 0 aliphatic carbocycles. The molecule has 146 valence electrons. The summed E-state index contributed by atoms with van der Waals surface area (Å²) in [7, 11) is 0. The number of carbonyl (C=O) groups is 1. The lowest BCUT2D eigenvalue weighted by atomic mass is 10.2. The molecule has 10 nitrogen and oxygen atoms in total. The number of hydrogen-bond donors (Lipinski definition) is 0. The summed E-state index contributed by atoms with van der Waals surface area (Å²) < 4.78 is 12.4. The van der Waals surface area contributed by atoms with Crippen LogP contribution in [-0.4, -0.2) is 34.3 Å². The van der Waals surface area contributed by atoms with Gasteiger partial charge in [-0.05, 0) is 36.2 Å². The molecule has 0 amide bonds. The Labute approximate surface area is 164 Å². The van der Waals surface area contributed by atoms with Gasteiger partial charge in [-0.2, -0.15) is 0 Å². The summed E-state index contributed by atoms with van der Waals surface area (Å²) in [6.07, 6.45) is 1.11. The second-order valence-corrected chi connectivity index (χ2v) is 6.55. The minimum atomic E-state index is -0.744. The average Bonchev–Trinajstić information content (AvgIpc) is 3.09. The largest absolute Gasteiger partial charge is 0.459 e. The maximum absolute atomic E-state index is 12.2. The molecule has 1 fully saturated rings. The minimum Gasteiger partial charge on any atom is -0.459 e. The SMILES string of the molecule is Cc1cnc(=O)n([C@H]2C[C@H](ON=[N+]=[N-])[C@@H](COC(=O)c3cccc(Cl)c3)O2)c1. The molecule has 0 unspecified atom stereocenters. The van der Waals surface area contributed by atoms with Crippen LogP contribution >= 0.6 is 11.6 Å². The number of esters is 1. The number of nitrogens with zero attached hydrogens (tertiary/aromatic N) is 5. The van der Waals surface area contributed by atoms with Crippen LogP contribution in [0.15, 0.2) is 46.7 Å². The van der Waals surface area contributed by atoms with Crippen molar-refractivity contribution in [2.75, 3.05) is 6.61 Å². The Balaban J connectivity index is 1.72. The fourth-order valence-corrected chi connectivity index (χ4v) is 3.00. The highest BCUT2D eigenvalue weighted by Gasteiger charge is 2.39. The molecule has 2 heterocycles. The molecule has 0 bridgehead atoms. The van der Waals surface area contributed by atoms with Gasteiger partial charge in [-0.1, -0.05) is 17.7 Å². The summed E-state index contributed by atoms with van der Waals surface area (Å²) in [6.45, 7) is 1.62. The van der Waals surface area contributed by atoms with Crippen LogP contribution in [0.3, 0.4) is 0 Å². The zero-order valence-electron chi connectivity index (χ0n) is 14.8. The first-order valence-electron chi connectivity index (χ1n) is 8.31. The summed E-state index contributed by atoms with van der Waals surface area (Å²) in [5.41, 5.74) is 9.06. The van der Waals surface area contributed by atoms with Crippen molar-refractivity contribution in [1.82, 2.24) is 9.55 Å². The molecule has 3 atom stereocenters. The Kier molecular flexibility index (Phi) is 6.15. The van der Waals surface area contributed by atoms with E-state index in [0.717, 1.165) is 5.56 Å². The van der Waals surface area contributed by atoms with Crippen molar-refractivity contribution in [2.45, 2.75) is 31.8 Å². The molecule has 1 aliphatic rings. The van der Waals surface area contributed by atoms with Crippen molar-refractivity contribution >= 4 is 17.6 Å². The van der Waals surface area contributed by atoms with Gasteiger partial charge >= 0.3 is 11.7 Å². The third-order valence-electron chi connectivity index (χ3n) is 4.09. The van der Waals surface area contributed by atoms with Crippen LogP contribution in [0.1, 0.15) is 28.6 Å². The van der Waals surface area contributed by atoms with Crippen molar-refractivity contribution in [1.29, 1.82) is 0 Å². The van der Waals surface area contributed by atoms with Crippen molar-refractivity contribution in [3.8, 4) is 0 Å². The van der Waals surface area contributed by atoms with Gasteiger partial charge in [0.25, 0.3) is 0 Å². The topological polar surface area (TPSA) is 128 Å². The van der Waals surface area contributed by atoms with Crippen LogP contribution in [0.4, 0.5) is 0 Å². The Bertz CT molecular complexity index is 974. The second kappa shape index (κ2) is 8.75. The van der Waals surface area contributed by atoms with E-state index in [2.05, 4.69) is 15.2 Å². The third-order valence-corrected chi connectivity index (χ3v) is 4.33. The quantitative estimate of drug-likeness (QED) is 0.239. The van der Waals surface area contributed by atoms with E-state index in [1.165, 1.54) is 16.8 Å². The molecule has 1 aromatic carbocycles. The van der Waals surface area contributed by atoms with Gasteiger partial charge in [0.15, 0.2) is 0 Å². The van der Waals surface area contributed by atoms with Crippen molar-refractivity contribution in [3.05, 3.63) is 73.7 Å². The molecule has 0 radical (unpaired) electrons. The Morgan fingerprint density at radius 2 is 2.36 bits per heavy atom. The summed E-state index contributed by atoms with van der Waals surface area (Å²) in [6, 6.07) is 6.32. The molecule has 0 N–H and O–H groups in total. The van der Waals surface area contributed by atoms with Gasteiger partial charge in [-0.15, -0.1) is 0 Å². The highest BCUT2D eigenvalue weighted by atomic mass is 35.5. The van der Waals surface area contributed by atoms with Gasteiger partial charge in [0.1, 0.15) is 30.3 Å². The van der Waals surface area contributed by atoms with E-state index in [1.807, 2.05) is 0 Å². The van der Waals surface area contributed by atoms with Crippen molar-refractivity contribution < 1.29 is 19.1 Å². The molecule has 28 heavy (non-hydrogen) atoms. The Hall–Kier alpha value is -3.07. The van der Waals surface area contributed by atoms with E-state index in [4.69, 9.17) is 31.4 Å². The van der Waals surface area contributed by atoms with E-state index < -0.39 is 30.1 Å². The number of carbonyl (C=O) groups excluding carboxylic acids is 1. The van der Waals surface area contributed by atoms with E-state index in [0.29, 0.717) is 5.02 Å². The molecule has 11 heteroatoms. The summed E-state index contributed by atoms with van der Waals surface area (Å²) in [5, 5.41) is 3.51. The van der Waals surface area contributed by atoms with Crippen LogP contribution in [0, 0.1) is 6.92 Å². The highest BCUT2D eigenvalue weighted by molar-refractivity contribution is 6.30. The van der Waals surface area contributed by atoms with E-state index in [1.54, 1.807) is 31.3 Å². The lowest BCUT2D eigenvalue weighted by molar-refractivity contribution is -0.0679. The van der Waals surface area contributed by atoms with Gasteiger partial charge in [0, 0.05) is 28.7 Å². The predicted octanol–water partition coefficient (Wildman–Crippen LogP) is 2.96. The molecular formula is C17H16ClN5O5. The molecule has 0 saturated carbocycles. The van der Waals surface area contributed by atoms with Crippen LogP contribution in [0.2, 0.25) is 5.02 Å². The summed E-state index contributed by atoms with van der Waals surface area (Å²) in [5.74, 6) is -0.591. The molecule has 1 aromatic heterocycles. The number of halogens is 1. The number of hydrogen-bond acceptors (Lipinski definition) is 7. The van der Waals surface area contributed by atoms with Crippen LogP contribution in [0.5, 0.6) is 0 Å². The number of azide groups is 1. The Morgan fingerprint density at radius 1 is 1.54 bits per heavy atom. The standard InChI is InChI=1S/C17H16ClN5O5/c1-10-7-20-17(25)23(8-10)15-6-13(28-22-21-19)14(27-15)9-26-16(24)11-3-2-4-12(18)5-11/h2-5,7-8,13-15H,6,9H2,1H3/t13-,14+,15+/m0/s1. The van der Waals surface area contributed by atoms with Gasteiger partial charge in [-0.3, -0.25) is 4.57 Å². The molecule has 3 rings (SSSR count). The number of rotatable bonds is 6. The maximum Gasteiger partial charge on any atom is 0.349 e.